The van der Waals surface area contributed by atoms with Crippen molar-refractivity contribution in [2.75, 3.05) is 25.0 Å². The summed E-state index contributed by atoms with van der Waals surface area (Å²) in [4.78, 5) is 18.6. The molecule has 3 heterocycles. The van der Waals surface area contributed by atoms with Gasteiger partial charge in [0.05, 0.1) is 6.20 Å². The van der Waals surface area contributed by atoms with Crippen LogP contribution in [0.2, 0.25) is 0 Å². The summed E-state index contributed by atoms with van der Waals surface area (Å²) >= 11 is 0. The summed E-state index contributed by atoms with van der Waals surface area (Å²) in [6, 6.07) is 4.11. The monoisotopic (exact) mass is 315 g/mol. The van der Waals surface area contributed by atoms with E-state index in [4.69, 9.17) is 0 Å². The third-order valence-electron chi connectivity index (χ3n) is 4.64. The smallest absolute Gasteiger partial charge is 0.220 e. The zero-order valence-electron chi connectivity index (χ0n) is 14.1. The van der Waals surface area contributed by atoms with E-state index in [1.807, 2.05) is 10.6 Å². The van der Waals surface area contributed by atoms with Crippen LogP contribution in [0.5, 0.6) is 0 Å². The van der Waals surface area contributed by atoms with Gasteiger partial charge in [-0.2, -0.15) is 9.61 Å². The molecule has 124 valence electrons. The van der Waals surface area contributed by atoms with Gasteiger partial charge in [0, 0.05) is 44.4 Å². The molecule has 1 amide bonds. The molecule has 0 bridgehead atoms. The van der Waals surface area contributed by atoms with Crippen LogP contribution in [0.3, 0.4) is 0 Å². The second-order valence-corrected chi connectivity index (χ2v) is 6.60. The topological polar surface area (TPSA) is 62.5 Å². The molecular formula is C17H25N5O. The van der Waals surface area contributed by atoms with Crippen molar-refractivity contribution >= 4 is 17.4 Å². The van der Waals surface area contributed by atoms with Gasteiger partial charge in [-0.1, -0.05) is 13.8 Å². The number of aromatic nitrogens is 3. The van der Waals surface area contributed by atoms with Crippen molar-refractivity contribution in [2.45, 2.75) is 39.0 Å². The highest BCUT2D eigenvalue weighted by Crippen LogP contribution is 2.27. The summed E-state index contributed by atoms with van der Waals surface area (Å²) in [6.07, 6.45) is 4.51. The minimum atomic E-state index is 0.143. The first-order chi connectivity index (χ1) is 11.1. The first kappa shape index (κ1) is 15.8. The van der Waals surface area contributed by atoms with Gasteiger partial charge >= 0.3 is 0 Å². The maximum absolute atomic E-state index is 11.5. The molecule has 2 aromatic heterocycles. The Morgan fingerprint density at radius 2 is 2.13 bits per heavy atom. The van der Waals surface area contributed by atoms with Crippen molar-refractivity contribution in [3.63, 3.8) is 0 Å². The van der Waals surface area contributed by atoms with Crippen molar-refractivity contribution in [1.29, 1.82) is 0 Å². The lowest BCUT2D eigenvalue weighted by atomic mass is 9.93. The lowest BCUT2D eigenvalue weighted by molar-refractivity contribution is -0.121. The lowest BCUT2D eigenvalue weighted by Gasteiger charge is -2.33. The average molecular weight is 315 g/mol. The van der Waals surface area contributed by atoms with Gasteiger partial charge in [0.1, 0.15) is 5.82 Å². The molecule has 0 saturated carbocycles. The van der Waals surface area contributed by atoms with Crippen molar-refractivity contribution < 1.29 is 4.79 Å². The number of fused-ring (bicyclic) bond motifs is 1. The molecule has 1 aliphatic rings. The van der Waals surface area contributed by atoms with Crippen LogP contribution in [0.4, 0.5) is 5.82 Å². The number of amides is 1. The first-order valence-electron chi connectivity index (χ1n) is 8.38. The van der Waals surface area contributed by atoms with Crippen molar-refractivity contribution in [1.82, 2.24) is 19.9 Å². The van der Waals surface area contributed by atoms with Crippen molar-refractivity contribution in [3.05, 3.63) is 24.0 Å². The number of nitrogens with zero attached hydrogens (tertiary/aromatic N) is 4. The quantitative estimate of drug-likeness (QED) is 0.939. The van der Waals surface area contributed by atoms with E-state index in [1.165, 1.54) is 0 Å². The first-order valence-corrected chi connectivity index (χ1v) is 8.38. The molecule has 0 unspecified atom stereocenters. The molecule has 6 heteroatoms. The maximum Gasteiger partial charge on any atom is 0.220 e. The summed E-state index contributed by atoms with van der Waals surface area (Å²) in [5.74, 6) is 2.12. The SMILES string of the molecule is CNC(=O)CC1CCN(c2cc(C(C)C)nc3ccnn23)CC1. The van der Waals surface area contributed by atoms with Gasteiger partial charge in [-0.15, -0.1) is 0 Å². The predicted octanol–water partition coefficient (Wildman–Crippen LogP) is 2.21. The predicted molar refractivity (Wildman–Crippen MR) is 90.7 cm³/mol. The Hall–Kier alpha value is -2.11. The molecule has 0 radical (unpaired) electrons. The number of carbonyl (C=O) groups is 1. The number of piperidine rings is 1. The van der Waals surface area contributed by atoms with Gasteiger partial charge in [0.25, 0.3) is 0 Å². The van der Waals surface area contributed by atoms with E-state index < -0.39 is 0 Å². The average Bonchev–Trinajstić information content (AvgIpc) is 3.03. The Bertz CT molecular complexity index is 685. The maximum atomic E-state index is 11.5. The standard InChI is InChI=1S/C17H25N5O/c1-12(2)14-11-17(22-15(20-14)4-7-19-22)21-8-5-13(6-9-21)10-16(23)18-3/h4,7,11-13H,5-6,8-10H2,1-3H3,(H,18,23). The molecule has 0 aromatic carbocycles. The molecule has 6 nitrogen and oxygen atoms in total. The Morgan fingerprint density at radius 1 is 1.39 bits per heavy atom. The van der Waals surface area contributed by atoms with Gasteiger partial charge in [0.15, 0.2) is 5.65 Å². The van der Waals surface area contributed by atoms with E-state index in [-0.39, 0.29) is 5.91 Å². The number of nitrogens with one attached hydrogen (secondary N) is 1. The van der Waals surface area contributed by atoms with E-state index >= 15 is 0 Å². The molecule has 1 aliphatic heterocycles. The summed E-state index contributed by atoms with van der Waals surface area (Å²) in [7, 11) is 1.70. The molecule has 1 N–H and O–H groups in total. The van der Waals surface area contributed by atoms with Crippen LogP contribution in [0, 0.1) is 5.92 Å². The Kier molecular flexibility index (Phi) is 4.50. The van der Waals surface area contributed by atoms with Gasteiger partial charge in [0.2, 0.25) is 5.91 Å². The largest absolute Gasteiger partial charge is 0.359 e. The third-order valence-corrected chi connectivity index (χ3v) is 4.64. The highest BCUT2D eigenvalue weighted by Gasteiger charge is 2.23. The molecule has 23 heavy (non-hydrogen) atoms. The van der Waals surface area contributed by atoms with E-state index in [9.17, 15) is 4.79 Å². The fraction of sp³-hybridized carbons (Fsp3) is 0.588. The zero-order valence-corrected chi connectivity index (χ0v) is 14.1. The van der Waals surface area contributed by atoms with Crippen molar-refractivity contribution in [2.24, 2.45) is 5.92 Å². The molecule has 0 aliphatic carbocycles. The highest BCUT2D eigenvalue weighted by atomic mass is 16.1. The Morgan fingerprint density at radius 3 is 2.78 bits per heavy atom. The lowest BCUT2D eigenvalue weighted by Crippen LogP contribution is -2.36. The number of rotatable bonds is 4. The molecule has 0 atom stereocenters. The number of hydrogen-bond donors (Lipinski definition) is 1. The molecule has 1 fully saturated rings. The molecule has 1 saturated heterocycles. The van der Waals surface area contributed by atoms with Crippen LogP contribution < -0.4 is 10.2 Å². The Balaban J connectivity index is 1.79. The van der Waals surface area contributed by atoms with Crippen LogP contribution in [0.25, 0.3) is 5.65 Å². The van der Waals surface area contributed by atoms with Crippen LogP contribution in [-0.4, -0.2) is 40.6 Å². The summed E-state index contributed by atoms with van der Waals surface area (Å²) in [5.41, 5.74) is 2.00. The normalized spacial score (nSPS) is 16.3. The number of anilines is 1. The van der Waals surface area contributed by atoms with Gasteiger partial charge < -0.3 is 10.2 Å². The second kappa shape index (κ2) is 6.56. The summed E-state index contributed by atoms with van der Waals surface area (Å²) in [5, 5.41) is 7.14. The van der Waals surface area contributed by atoms with Crippen LogP contribution >= 0.6 is 0 Å². The number of hydrogen-bond acceptors (Lipinski definition) is 4. The molecular weight excluding hydrogens is 290 g/mol. The minimum absolute atomic E-state index is 0.143. The van der Waals surface area contributed by atoms with Gasteiger partial charge in [-0.3, -0.25) is 4.79 Å². The van der Waals surface area contributed by atoms with Gasteiger partial charge in [-0.05, 0) is 24.7 Å². The van der Waals surface area contributed by atoms with E-state index in [1.54, 1.807) is 13.2 Å². The minimum Gasteiger partial charge on any atom is -0.359 e. The number of carbonyl (C=O) groups excluding carboxylic acids is 1. The zero-order chi connectivity index (χ0) is 16.4. The fourth-order valence-electron chi connectivity index (χ4n) is 3.17. The highest BCUT2D eigenvalue weighted by molar-refractivity contribution is 5.75. The van der Waals surface area contributed by atoms with E-state index in [2.05, 4.69) is 40.2 Å². The van der Waals surface area contributed by atoms with Crippen molar-refractivity contribution in [3.8, 4) is 0 Å². The molecule has 2 aromatic rings. The summed E-state index contributed by atoms with van der Waals surface area (Å²) < 4.78 is 1.92. The molecule has 0 spiro atoms. The molecule has 3 rings (SSSR count). The van der Waals surface area contributed by atoms with E-state index in [0.29, 0.717) is 18.3 Å². The second-order valence-electron chi connectivity index (χ2n) is 6.60. The van der Waals surface area contributed by atoms with Gasteiger partial charge in [-0.25, -0.2) is 4.98 Å². The van der Waals surface area contributed by atoms with Crippen LogP contribution in [0.15, 0.2) is 18.3 Å². The van der Waals surface area contributed by atoms with E-state index in [0.717, 1.165) is 43.1 Å². The van der Waals surface area contributed by atoms with Crippen LogP contribution in [0.1, 0.15) is 44.7 Å². The summed E-state index contributed by atoms with van der Waals surface area (Å²) in [6.45, 7) is 6.24. The fourth-order valence-corrected chi connectivity index (χ4v) is 3.17. The third kappa shape index (κ3) is 3.30. The Labute approximate surface area is 136 Å². The van der Waals surface area contributed by atoms with Crippen LogP contribution in [-0.2, 0) is 4.79 Å².